The van der Waals surface area contributed by atoms with Crippen LogP contribution in [-0.2, 0) is 6.42 Å². The summed E-state index contributed by atoms with van der Waals surface area (Å²) >= 11 is 3.26. The zero-order valence-corrected chi connectivity index (χ0v) is 20.7. The van der Waals surface area contributed by atoms with Crippen molar-refractivity contribution in [1.29, 1.82) is 0 Å². The van der Waals surface area contributed by atoms with Crippen LogP contribution in [0.4, 0.5) is 16.5 Å². The maximum atomic E-state index is 13.3. The molecule has 0 N–H and O–H groups in total. The molecule has 0 fully saturated rings. The molecule has 0 radical (unpaired) electrons. The molecule has 5 nitrogen and oxygen atoms in total. The zero-order valence-electron chi connectivity index (χ0n) is 19.1. The smallest absolute Gasteiger partial charge is 0.247 e. The Kier molecular flexibility index (Phi) is 5.11. The Morgan fingerprint density at radius 1 is 0.778 bits per heavy atom. The molecule has 0 spiro atoms. The fraction of sp³-hybridized carbons (Fsp3) is 0.0690. The van der Waals surface area contributed by atoms with Gasteiger partial charge in [0.1, 0.15) is 10.8 Å². The molecular formula is C29H20N4OS2. The lowest BCUT2D eigenvalue weighted by Crippen LogP contribution is -2.19. The minimum Gasteiger partial charge on any atom is -0.286 e. The number of aromatic nitrogens is 3. The monoisotopic (exact) mass is 504 g/mol. The number of hydrogen-bond acceptors (Lipinski definition) is 6. The summed E-state index contributed by atoms with van der Waals surface area (Å²) in [6.07, 6.45) is 0.666. The minimum absolute atomic E-state index is 0.106. The summed E-state index contributed by atoms with van der Waals surface area (Å²) < 4.78 is 1.77. The fourth-order valence-electron chi connectivity index (χ4n) is 4.66. The average Bonchev–Trinajstić information content (AvgIpc) is 3.60. The molecule has 3 aromatic heterocycles. The lowest BCUT2D eigenvalue weighted by atomic mass is 10.2. The van der Waals surface area contributed by atoms with Gasteiger partial charge in [-0.2, -0.15) is 0 Å². The highest BCUT2D eigenvalue weighted by atomic mass is 32.2. The SMILES string of the molecule is O=C1C(Cc2ccc(N(c3ccccc3)c3ccc4ccccc4n3)s2)Sc2nc3ccccc3n21. The summed E-state index contributed by atoms with van der Waals surface area (Å²) in [5.74, 6) is 0.973. The third kappa shape index (κ3) is 3.59. The van der Waals surface area contributed by atoms with Crippen LogP contribution in [-0.4, -0.2) is 25.7 Å². The van der Waals surface area contributed by atoms with Crippen LogP contribution in [0.15, 0.2) is 108 Å². The van der Waals surface area contributed by atoms with Crippen molar-refractivity contribution in [2.24, 2.45) is 0 Å². The number of rotatable bonds is 5. The van der Waals surface area contributed by atoms with Gasteiger partial charge in [0.05, 0.1) is 21.8 Å². The summed E-state index contributed by atoms with van der Waals surface area (Å²) in [5.41, 5.74) is 3.76. The summed E-state index contributed by atoms with van der Waals surface area (Å²) in [4.78, 5) is 26.2. The number of carbonyl (C=O) groups excluding carboxylic acids is 1. The normalized spacial score (nSPS) is 15.0. The second kappa shape index (κ2) is 8.62. The maximum absolute atomic E-state index is 13.3. The number of nitrogens with zero attached hydrogens (tertiary/aromatic N) is 4. The molecule has 1 unspecified atom stereocenters. The van der Waals surface area contributed by atoms with Crippen molar-refractivity contribution < 1.29 is 4.79 Å². The zero-order chi connectivity index (χ0) is 24.1. The van der Waals surface area contributed by atoms with Crippen molar-refractivity contribution in [3.05, 3.63) is 108 Å². The number of pyridine rings is 1. The average molecular weight is 505 g/mol. The topological polar surface area (TPSA) is 51.0 Å². The van der Waals surface area contributed by atoms with Gasteiger partial charge in [0.25, 0.3) is 0 Å². The van der Waals surface area contributed by atoms with Gasteiger partial charge in [0.2, 0.25) is 5.91 Å². The largest absolute Gasteiger partial charge is 0.286 e. The molecule has 0 bridgehead atoms. The van der Waals surface area contributed by atoms with Crippen LogP contribution >= 0.6 is 23.1 Å². The Labute approximate surface area is 216 Å². The Hall–Kier alpha value is -3.94. The molecule has 7 heteroatoms. The van der Waals surface area contributed by atoms with Gasteiger partial charge in [-0.1, -0.05) is 60.3 Å². The third-order valence-electron chi connectivity index (χ3n) is 6.36. The van der Waals surface area contributed by atoms with Crippen LogP contribution in [0.3, 0.4) is 0 Å². The number of anilines is 3. The van der Waals surface area contributed by atoms with Gasteiger partial charge in [0.15, 0.2) is 5.16 Å². The highest BCUT2D eigenvalue weighted by Crippen LogP contribution is 2.41. The molecule has 7 rings (SSSR count). The molecule has 6 aromatic rings. The predicted octanol–water partition coefficient (Wildman–Crippen LogP) is 7.47. The first-order chi connectivity index (χ1) is 17.7. The first-order valence-corrected chi connectivity index (χ1v) is 13.4. The molecular weight excluding hydrogens is 484 g/mol. The summed E-state index contributed by atoms with van der Waals surface area (Å²) in [6, 6.07) is 34.7. The van der Waals surface area contributed by atoms with Gasteiger partial charge in [-0.15, -0.1) is 11.3 Å². The molecule has 1 aliphatic rings. The van der Waals surface area contributed by atoms with E-state index in [9.17, 15) is 4.79 Å². The summed E-state index contributed by atoms with van der Waals surface area (Å²) in [5, 5.41) is 2.79. The van der Waals surface area contributed by atoms with Crippen LogP contribution in [0, 0.1) is 0 Å². The highest BCUT2D eigenvalue weighted by Gasteiger charge is 2.34. The van der Waals surface area contributed by atoms with Crippen LogP contribution in [0.2, 0.25) is 0 Å². The number of benzene rings is 3. The van der Waals surface area contributed by atoms with E-state index in [1.165, 1.54) is 0 Å². The van der Waals surface area contributed by atoms with Crippen LogP contribution in [0.5, 0.6) is 0 Å². The van der Waals surface area contributed by atoms with Crippen LogP contribution in [0.25, 0.3) is 21.9 Å². The van der Waals surface area contributed by atoms with Gasteiger partial charge in [-0.25, -0.2) is 9.97 Å². The van der Waals surface area contributed by atoms with Gasteiger partial charge in [0, 0.05) is 22.4 Å². The van der Waals surface area contributed by atoms with E-state index in [0.29, 0.717) is 6.42 Å². The molecule has 3 aromatic carbocycles. The Morgan fingerprint density at radius 3 is 2.44 bits per heavy atom. The Bertz CT molecular complexity index is 1740. The van der Waals surface area contributed by atoms with Crippen molar-refractivity contribution in [2.75, 3.05) is 4.90 Å². The Balaban J connectivity index is 1.21. The number of para-hydroxylation sites is 4. The van der Waals surface area contributed by atoms with Gasteiger partial charge in [-0.05, 0) is 54.6 Å². The molecule has 36 heavy (non-hydrogen) atoms. The standard InChI is InChI=1S/C29H20N4OS2/c34-28-25(36-29-31-23-12-6-7-13-24(23)33(28)29)18-21-15-17-27(35-21)32(20-9-2-1-3-10-20)26-16-14-19-8-4-5-11-22(19)30-26/h1-17,25H,18H2. The van der Waals surface area contributed by atoms with E-state index in [2.05, 4.69) is 52.3 Å². The van der Waals surface area contributed by atoms with E-state index in [1.54, 1.807) is 27.7 Å². The van der Waals surface area contributed by atoms with Crippen molar-refractivity contribution >= 4 is 67.4 Å². The quantitative estimate of drug-likeness (QED) is 0.244. The van der Waals surface area contributed by atoms with E-state index in [4.69, 9.17) is 4.98 Å². The van der Waals surface area contributed by atoms with Gasteiger partial charge < -0.3 is 0 Å². The van der Waals surface area contributed by atoms with Crippen molar-refractivity contribution in [1.82, 2.24) is 14.5 Å². The lowest BCUT2D eigenvalue weighted by Gasteiger charge is -2.22. The lowest BCUT2D eigenvalue weighted by molar-refractivity contribution is 0.0915. The predicted molar refractivity (Wildman–Crippen MR) is 148 cm³/mol. The van der Waals surface area contributed by atoms with Crippen molar-refractivity contribution in [3.63, 3.8) is 0 Å². The molecule has 1 aliphatic heterocycles. The molecule has 0 saturated carbocycles. The molecule has 4 heterocycles. The maximum Gasteiger partial charge on any atom is 0.247 e. The summed E-state index contributed by atoms with van der Waals surface area (Å²) in [7, 11) is 0. The van der Waals surface area contributed by atoms with E-state index in [-0.39, 0.29) is 11.2 Å². The number of carbonyl (C=O) groups is 1. The van der Waals surface area contributed by atoms with Crippen molar-refractivity contribution in [2.45, 2.75) is 16.8 Å². The van der Waals surface area contributed by atoms with Gasteiger partial charge >= 0.3 is 0 Å². The van der Waals surface area contributed by atoms with Crippen LogP contribution < -0.4 is 4.90 Å². The fourth-order valence-corrected chi connectivity index (χ4v) is 7.01. The molecule has 174 valence electrons. The van der Waals surface area contributed by atoms with Crippen LogP contribution in [0.1, 0.15) is 9.67 Å². The highest BCUT2D eigenvalue weighted by molar-refractivity contribution is 8.00. The Morgan fingerprint density at radius 2 is 1.56 bits per heavy atom. The van der Waals surface area contributed by atoms with E-state index >= 15 is 0 Å². The molecule has 0 saturated heterocycles. The number of fused-ring (bicyclic) bond motifs is 4. The second-order valence-corrected chi connectivity index (χ2v) is 11.0. The molecule has 1 atom stereocenters. The molecule has 0 aliphatic carbocycles. The minimum atomic E-state index is -0.174. The number of thiophene rings is 1. The number of imidazole rings is 1. The number of hydrogen-bond donors (Lipinski definition) is 0. The van der Waals surface area contributed by atoms with Gasteiger partial charge in [-0.3, -0.25) is 14.3 Å². The first-order valence-electron chi connectivity index (χ1n) is 11.7. The third-order valence-corrected chi connectivity index (χ3v) is 8.59. The molecule has 0 amide bonds. The first kappa shape index (κ1) is 21.4. The van der Waals surface area contributed by atoms with E-state index in [0.717, 1.165) is 48.5 Å². The number of thioether (sulfide) groups is 1. The van der Waals surface area contributed by atoms with E-state index < -0.39 is 0 Å². The van der Waals surface area contributed by atoms with E-state index in [1.807, 2.05) is 60.7 Å². The second-order valence-electron chi connectivity index (χ2n) is 8.64. The summed E-state index contributed by atoms with van der Waals surface area (Å²) in [6.45, 7) is 0. The van der Waals surface area contributed by atoms with Crippen molar-refractivity contribution in [3.8, 4) is 0 Å².